The van der Waals surface area contributed by atoms with Crippen LogP contribution in [0.25, 0.3) is 0 Å². The second kappa shape index (κ2) is 8.57. The summed E-state index contributed by atoms with van der Waals surface area (Å²) in [5, 5.41) is 2.79. The first-order valence-corrected chi connectivity index (χ1v) is 10.2. The lowest BCUT2D eigenvalue weighted by Crippen LogP contribution is -2.48. The Hall–Kier alpha value is -2.66. The molecule has 5 nitrogen and oxygen atoms in total. The SMILES string of the molecule is O=C(CCN1CCC(Cc2ccccc2)CC1)N1C(=O)NCc2ccccc21. The summed E-state index contributed by atoms with van der Waals surface area (Å²) in [5.74, 6) is 0.588. The van der Waals surface area contributed by atoms with Crippen molar-refractivity contribution in [3.63, 3.8) is 0 Å². The van der Waals surface area contributed by atoms with Gasteiger partial charge in [0.25, 0.3) is 0 Å². The molecule has 1 fully saturated rings. The quantitative estimate of drug-likeness (QED) is 0.866. The number of amides is 3. The number of carbonyl (C=O) groups is 2. The van der Waals surface area contributed by atoms with E-state index in [-0.39, 0.29) is 11.9 Å². The average molecular weight is 377 g/mol. The molecule has 2 aromatic rings. The van der Waals surface area contributed by atoms with Crippen molar-refractivity contribution in [2.24, 2.45) is 5.92 Å². The van der Waals surface area contributed by atoms with Crippen molar-refractivity contribution in [3.05, 3.63) is 65.7 Å². The highest BCUT2D eigenvalue weighted by molar-refractivity contribution is 6.15. The Labute approximate surface area is 166 Å². The maximum Gasteiger partial charge on any atom is 0.329 e. The highest BCUT2D eigenvalue weighted by atomic mass is 16.2. The number of benzene rings is 2. The Morgan fingerprint density at radius 1 is 1.00 bits per heavy atom. The van der Waals surface area contributed by atoms with Crippen LogP contribution < -0.4 is 10.2 Å². The Kier molecular flexibility index (Phi) is 5.72. The molecule has 146 valence electrons. The predicted molar refractivity (Wildman–Crippen MR) is 110 cm³/mol. The van der Waals surface area contributed by atoms with Gasteiger partial charge < -0.3 is 10.2 Å². The number of rotatable bonds is 5. The summed E-state index contributed by atoms with van der Waals surface area (Å²) in [6.07, 6.45) is 3.83. The van der Waals surface area contributed by atoms with Crippen molar-refractivity contribution >= 4 is 17.6 Å². The van der Waals surface area contributed by atoms with E-state index >= 15 is 0 Å². The number of likely N-dealkylation sites (tertiary alicyclic amines) is 1. The zero-order valence-corrected chi connectivity index (χ0v) is 16.1. The molecule has 0 aromatic heterocycles. The van der Waals surface area contributed by atoms with Gasteiger partial charge in [-0.1, -0.05) is 48.5 Å². The molecule has 0 aliphatic carbocycles. The lowest BCUT2D eigenvalue weighted by atomic mass is 9.90. The molecule has 3 amide bonds. The number of imide groups is 1. The number of hydrogen-bond donors (Lipinski definition) is 1. The van der Waals surface area contributed by atoms with E-state index in [2.05, 4.69) is 40.5 Å². The van der Waals surface area contributed by atoms with Crippen LogP contribution in [0.4, 0.5) is 10.5 Å². The van der Waals surface area contributed by atoms with E-state index in [0.717, 1.165) is 43.6 Å². The number of hydrogen-bond acceptors (Lipinski definition) is 3. The van der Waals surface area contributed by atoms with Crippen molar-refractivity contribution in [2.75, 3.05) is 24.5 Å². The maximum atomic E-state index is 12.8. The number of nitrogens with one attached hydrogen (secondary N) is 1. The molecule has 0 saturated carbocycles. The van der Waals surface area contributed by atoms with Crippen LogP contribution in [0.5, 0.6) is 0 Å². The molecule has 2 aliphatic heterocycles. The topological polar surface area (TPSA) is 52.7 Å². The average Bonchev–Trinajstić information content (AvgIpc) is 2.74. The number of carbonyl (C=O) groups excluding carboxylic acids is 2. The second-order valence-electron chi connectivity index (χ2n) is 7.74. The van der Waals surface area contributed by atoms with E-state index in [4.69, 9.17) is 0 Å². The van der Waals surface area contributed by atoms with Crippen LogP contribution in [0.1, 0.15) is 30.4 Å². The minimum absolute atomic E-state index is 0.129. The molecule has 1 N–H and O–H groups in total. The van der Waals surface area contributed by atoms with E-state index in [9.17, 15) is 9.59 Å². The van der Waals surface area contributed by atoms with Crippen molar-refractivity contribution < 1.29 is 9.59 Å². The molecule has 1 saturated heterocycles. The van der Waals surface area contributed by atoms with E-state index in [1.807, 2.05) is 24.3 Å². The van der Waals surface area contributed by atoms with Gasteiger partial charge in [-0.15, -0.1) is 0 Å². The second-order valence-corrected chi connectivity index (χ2v) is 7.74. The number of nitrogens with zero attached hydrogens (tertiary/aromatic N) is 2. The lowest BCUT2D eigenvalue weighted by molar-refractivity contribution is -0.118. The molecule has 0 unspecified atom stereocenters. The third kappa shape index (κ3) is 4.25. The first kappa shape index (κ1) is 18.7. The van der Waals surface area contributed by atoms with Gasteiger partial charge in [0.2, 0.25) is 5.91 Å². The summed E-state index contributed by atoms with van der Waals surface area (Å²) in [4.78, 5) is 28.7. The molecular formula is C23H27N3O2. The van der Waals surface area contributed by atoms with Gasteiger partial charge in [0.05, 0.1) is 5.69 Å². The first-order valence-electron chi connectivity index (χ1n) is 10.2. The van der Waals surface area contributed by atoms with E-state index in [1.54, 1.807) is 0 Å². The summed E-state index contributed by atoms with van der Waals surface area (Å²) in [6, 6.07) is 17.9. The van der Waals surface area contributed by atoms with Crippen LogP contribution in [-0.4, -0.2) is 36.5 Å². The lowest BCUT2D eigenvalue weighted by Gasteiger charge is -2.33. The minimum atomic E-state index is -0.315. The van der Waals surface area contributed by atoms with Gasteiger partial charge in [0.1, 0.15) is 0 Å². The smallest absolute Gasteiger partial charge is 0.329 e. The minimum Gasteiger partial charge on any atom is -0.333 e. The fourth-order valence-electron chi connectivity index (χ4n) is 4.21. The number of piperidine rings is 1. The molecule has 2 aliphatic rings. The molecule has 0 atom stereocenters. The third-order valence-electron chi connectivity index (χ3n) is 5.83. The normalized spacial score (nSPS) is 17.9. The standard InChI is InChI=1S/C23H27N3O2/c27-22(26-21-9-5-4-8-20(21)17-24-23(26)28)12-15-25-13-10-19(11-14-25)16-18-6-2-1-3-7-18/h1-9,19H,10-17H2,(H,24,28). The van der Waals surface area contributed by atoms with Gasteiger partial charge in [0, 0.05) is 19.5 Å². The van der Waals surface area contributed by atoms with Gasteiger partial charge in [-0.25, -0.2) is 9.69 Å². The van der Waals surface area contributed by atoms with E-state index < -0.39 is 0 Å². The molecule has 2 aromatic carbocycles. The number of fused-ring (bicyclic) bond motifs is 1. The van der Waals surface area contributed by atoms with E-state index in [1.165, 1.54) is 10.5 Å². The van der Waals surface area contributed by atoms with Crippen molar-refractivity contribution in [2.45, 2.75) is 32.2 Å². The maximum absolute atomic E-state index is 12.8. The first-order chi connectivity index (χ1) is 13.7. The molecular weight excluding hydrogens is 350 g/mol. The van der Waals surface area contributed by atoms with Crippen LogP contribution in [0.15, 0.2) is 54.6 Å². The molecule has 2 heterocycles. The Morgan fingerprint density at radius 2 is 1.71 bits per heavy atom. The summed E-state index contributed by atoms with van der Waals surface area (Å²) >= 11 is 0. The fraction of sp³-hybridized carbons (Fsp3) is 0.391. The Bertz CT molecular complexity index is 829. The number of para-hydroxylation sites is 1. The Balaban J connectivity index is 1.27. The molecule has 0 radical (unpaired) electrons. The van der Waals surface area contributed by atoms with Crippen molar-refractivity contribution in [3.8, 4) is 0 Å². The highest BCUT2D eigenvalue weighted by Crippen LogP contribution is 2.25. The third-order valence-corrected chi connectivity index (χ3v) is 5.83. The van der Waals surface area contributed by atoms with Crippen molar-refractivity contribution in [1.82, 2.24) is 10.2 Å². The predicted octanol–water partition coefficient (Wildman–Crippen LogP) is 3.59. The van der Waals surface area contributed by atoms with Crippen LogP contribution in [0.3, 0.4) is 0 Å². The zero-order valence-electron chi connectivity index (χ0n) is 16.1. The largest absolute Gasteiger partial charge is 0.333 e. The van der Waals surface area contributed by atoms with E-state index in [0.29, 0.717) is 25.4 Å². The molecule has 0 bridgehead atoms. The number of urea groups is 1. The zero-order chi connectivity index (χ0) is 19.3. The van der Waals surface area contributed by atoms with Crippen LogP contribution in [0, 0.1) is 5.92 Å². The summed E-state index contributed by atoms with van der Waals surface area (Å²) in [7, 11) is 0. The summed E-state index contributed by atoms with van der Waals surface area (Å²) in [6.45, 7) is 3.23. The van der Waals surface area contributed by atoms with Gasteiger partial charge in [-0.3, -0.25) is 4.79 Å². The monoisotopic (exact) mass is 377 g/mol. The molecule has 4 rings (SSSR count). The summed E-state index contributed by atoms with van der Waals surface area (Å²) < 4.78 is 0. The highest BCUT2D eigenvalue weighted by Gasteiger charge is 2.29. The van der Waals surface area contributed by atoms with Crippen LogP contribution in [-0.2, 0) is 17.8 Å². The molecule has 5 heteroatoms. The van der Waals surface area contributed by atoms with Gasteiger partial charge in [-0.2, -0.15) is 0 Å². The summed E-state index contributed by atoms with van der Waals surface area (Å²) in [5.41, 5.74) is 3.11. The number of anilines is 1. The fourth-order valence-corrected chi connectivity index (χ4v) is 4.21. The van der Waals surface area contributed by atoms with Crippen LogP contribution in [0.2, 0.25) is 0 Å². The van der Waals surface area contributed by atoms with Crippen molar-refractivity contribution in [1.29, 1.82) is 0 Å². The van der Waals surface area contributed by atoms with Gasteiger partial charge >= 0.3 is 6.03 Å². The van der Waals surface area contributed by atoms with Gasteiger partial charge in [-0.05, 0) is 55.5 Å². The van der Waals surface area contributed by atoms with Crippen LogP contribution >= 0.6 is 0 Å². The molecule has 28 heavy (non-hydrogen) atoms. The van der Waals surface area contributed by atoms with Gasteiger partial charge in [0.15, 0.2) is 0 Å². The molecule has 0 spiro atoms. The Morgan fingerprint density at radius 3 is 2.50 bits per heavy atom.